The van der Waals surface area contributed by atoms with Gasteiger partial charge in [0, 0.05) is 12.6 Å². The highest BCUT2D eigenvalue weighted by Crippen LogP contribution is 2.35. The Hall–Kier alpha value is -2.01. The number of likely N-dealkylation sites (tertiary alicyclic amines) is 1. The van der Waals surface area contributed by atoms with Crippen molar-refractivity contribution in [3.05, 3.63) is 41.3 Å². The molecule has 0 unspecified atom stereocenters. The molecular formula is C21H30N2O3. The maximum absolute atomic E-state index is 5.86. The Morgan fingerprint density at radius 2 is 2.12 bits per heavy atom. The first-order valence-electron chi connectivity index (χ1n) is 9.60. The second-order valence-electron chi connectivity index (χ2n) is 7.39. The SMILES string of the molecule is CCc1cc([C@@H]2CCCN2Cc2ccc(OCC(C)C)c(OC)c2)on1. The summed E-state index contributed by atoms with van der Waals surface area (Å²) in [6, 6.07) is 8.65. The van der Waals surface area contributed by atoms with Crippen LogP contribution < -0.4 is 9.47 Å². The van der Waals surface area contributed by atoms with Crippen molar-refractivity contribution in [2.45, 2.75) is 52.6 Å². The van der Waals surface area contributed by atoms with E-state index in [9.17, 15) is 0 Å². The van der Waals surface area contributed by atoms with Crippen LogP contribution in [0, 0.1) is 5.92 Å². The number of ether oxygens (including phenoxy) is 2. The third kappa shape index (κ3) is 4.39. The lowest BCUT2D eigenvalue weighted by atomic mass is 10.1. The molecule has 1 aliphatic heterocycles. The molecule has 0 bridgehead atoms. The molecule has 0 saturated carbocycles. The molecule has 3 rings (SSSR count). The zero-order chi connectivity index (χ0) is 18.5. The molecule has 1 atom stereocenters. The van der Waals surface area contributed by atoms with Crippen LogP contribution in [0.15, 0.2) is 28.8 Å². The molecule has 0 aliphatic carbocycles. The molecule has 2 heterocycles. The topological polar surface area (TPSA) is 47.7 Å². The highest BCUT2D eigenvalue weighted by atomic mass is 16.5. The van der Waals surface area contributed by atoms with Gasteiger partial charge in [-0.1, -0.05) is 32.0 Å². The molecule has 1 aliphatic rings. The van der Waals surface area contributed by atoms with E-state index in [0.717, 1.165) is 48.9 Å². The Balaban J connectivity index is 1.70. The number of rotatable bonds is 8. The zero-order valence-electron chi connectivity index (χ0n) is 16.3. The number of aryl methyl sites for hydroxylation is 1. The number of aromatic nitrogens is 1. The minimum atomic E-state index is 0.311. The van der Waals surface area contributed by atoms with Crippen molar-refractivity contribution in [3.8, 4) is 11.5 Å². The van der Waals surface area contributed by atoms with Crippen molar-refractivity contribution in [2.24, 2.45) is 5.92 Å². The van der Waals surface area contributed by atoms with Gasteiger partial charge in [-0.05, 0) is 49.4 Å². The second kappa shape index (κ2) is 8.58. The minimum absolute atomic E-state index is 0.311. The summed E-state index contributed by atoms with van der Waals surface area (Å²) in [5, 5.41) is 4.16. The lowest BCUT2D eigenvalue weighted by molar-refractivity contribution is 0.206. The average Bonchev–Trinajstić information content (AvgIpc) is 3.29. The highest BCUT2D eigenvalue weighted by molar-refractivity contribution is 5.43. The van der Waals surface area contributed by atoms with Crippen molar-refractivity contribution in [1.82, 2.24) is 10.1 Å². The van der Waals surface area contributed by atoms with E-state index in [4.69, 9.17) is 14.0 Å². The van der Waals surface area contributed by atoms with Crippen LogP contribution in [0.1, 0.15) is 56.7 Å². The van der Waals surface area contributed by atoms with Crippen LogP contribution in [0.2, 0.25) is 0 Å². The van der Waals surface area contributed by atoms with E-state index in [2.05, 4.69) is 49.0 Å². The van der Waals surface area contributed by atoms with Crippen LogP contribution in [-0.4, -0.2) is 30.3 Å². The Labute approximate surface area is 156 Å². The first-order valence-corrected chi connectivity index (χ1v) is 9.60. The maximum atomic E-state index is 5.86. The van der Waals surface area contributed by atoms with Gasteiger partial charge in [0.15, 0.2) is 17.3 Å². The van der Waals surface area contributed by atoms with Crippen LogP contribution in [-0.2, 0) is 13.0 Å². The summed E-state index contributed by atoms with van der Waals surface area (Å²) in [7, 11) is 1.70. The monoisotopic (exact) mass is 358 g/mol. The molecule has 0 N–H and O–H groups in total. The molecule has 2 aromatic rings. The maximum Gasteiger partial charge on any atom is 0.161 e. The Kier molecular flexibility index (Phi) is 6.20. The standard InChI is InChI=1S/C21H30N2O3/c1-5-17-12-20(26-22-17)18-7-6-10-23(18)13-16-8-9-19(21(11-16)24-4)25-14-15(2)3/h8-9,11-12,15,18H,5-7,10,13-14H2,1-4H3/t18-/m0/s1. The minimum Gasteiger partial charge on any atom is -0.493 e. The summed E-state index contributed by atoms with van der Waals surface area (Å²) in [5.41, 5.74) is 2.25. The van der Waals surface area contributed by atoms with Gasteiger partial charge in [-0.15, -0.1) is 0 Å². The molecule has 0 radical (unpaired) electrons. The molecule has 1 fully saturated rings. The van der Waals surface area contributed by atoms with Gasteiger partial charge in [-0.2, -0.15) is 0 Å². The van der Waals surface area contributed by atoms with E-state index in [1.807, 2.05) is 6.07 Å². The van der Waals surface area contributed by atoms with Crippen LogP contribution in [0.25, 0.3) is 0 Å². The highest BCUT2D eigenvalue weighted by Gasteiger charge is 2.29. The van der Waals surface area contributed by atoms with Gasteiger partial charge in [0.1, 0.15) is 0 Å². The van der Waals surface area contributed by atoms with Gasteiger partial charge in [0.05, 0.1) is 25.5 Å². The quantitative estimate of drug-likeness (QED) is 0.689. The fourth-order valence-electron chi connectivity index (χ4n) is 3.41. The predicted molar refractivity (Wildman–Crippen MR) is 102 cm³/mol. The number of nitrogens with zero attached hydrogens (tertiary/aromatic N) is 2. The molecule has 26 heavy (non-hydrogen) atoms. The van der Waals surface area contributed by atoms with E-state index >= 15 is 0 Å². The van der Waals surface area contributed by atoms with Crippen molar-refractivity contribution in [1.29, 1.82) is 0 Å². The van der Waals surface area contributed by atoms with Gasteiger partial charge < -0.3 is 14.0 Å². The first kappa shape index (κ1) is 18.8. The largest absolute Gasteiger partial charge is 0.493 e. The molecule has 1 aromatic heterocycles. The van der Waals surface area contributed by atoms with E-state index in [1.165, 1.54) is 12.0 Å². The summed E-state index contributed by atoms with van der Waals surface area (Å²) in [6.45, 7) is 9.01. The van der Waals surface area contributed by atoms with Crippen LogP contribution >= 0.6 is 0 Å². The fourth-order valence-corrected chi connectivity index (χ4v) is 3.41. The lowest BCUT2D eigenvalue weighted by Gasteiger charge is -2.23. The van der Waals surface area contributed by atoms with Crippen molar-refractivity contribution in [2.75, 3.05) is 20.3 Å². The zero-order valence-corrected chi connectivity index (χ0v) is 16.3. The van der Waals surface area contributed by atoms with Gasteiger partial charge in [-0.25, -0.2) is 0 Å². The third-order valence-electron chi connectivity index (χ3n) is 4.82. The summed E-state index contributed by atoms with van der Waals surface area (Å²) >= 11 is 0. The van der Waals surface area contributed by atoms with Crippen molar-refractivity contribution < 1.29 is 14.0 Å². The third-order valence-corrected chi connectivity index (χ3v) is 4.82. The number of hydrogen-bond donors (Lipinski definition) is 0. The van der Waals surface area contributed by atoms with E-state index < -0.39 is 0 Å². The van der Waals surface area contributed by atoms with Gasteiger partial charge >= 0.3 is 0 Å². The van der Waals surface area contributed by atoms with Crippen LogP contribution in [0.3, 0.4) is 0 Å². The molecule has 0 spiro atoms. The Bertz CT molecular complexity index is 711. The van der Waals surface area contributed by atoms with Crippen molar-refractivity contribution in [3.63, 3.8) is 0 Å². The first-order chi connectivity index (χ1) is 12.6. The average molecular weight is 358 g/mol. The van der Waals surface area contributed by atoms with Gasteiger partial charge in [-0.3, -0.25) is 4.90 Å². The molecule has 5 heteroatoms. The number of methoxy groups -OCH3 is 1. The van der Waals surface area contributed by atoms with E-state index in [-0.39, 0.29) is 0 Å². The molecule has 142 valence electrons. The number of hydrogen-bond acceptors (Lipinski definition) is 5. The summed E-state index contributed by atoms with van der Waals surface area (Å²) in [5.74, 6) is 3.08. The lowest BCUT2D eigenvalue weighted by Crippen LogP contribution is -2.22. The molecule has 1 aromatic carbocycles. The van der Waals surface area contributed by atoms with Crippen LogP contribution in [0.4, 0.5) is 0 Å². The second-order valence-corrected chi connectivity index (χ2v) is 7.39. The van der Waals surface area contributed by atoms with Crippen LogP contribution in [0.5, 0.6) is 11.5 Å². The number of benzene rings is 1. The summed E-state index contributed by atoms with van der Waals surface area (Å²) in [4.78, 5) is 2.46. The van der Waals surface area contributed by atoms with E-state index in [1.54, 1.807) is 7.11 Å². The molecule has 5 nitrogen and oxygen atoms in total. The van der Waals surface area contributed by atoms with Gasteiger partial charge in [0.2, 0.25) is 0 Å². The Morgan fingerprint density at radius 1 is 1.27 bits per heavy atom. The Morgan fingerprint density at radius 3 is 2.81 bits per heavy atom. The summed E-state index contributed by atoms with van der Waals surface area (Å²) in [6.07, 6.45) is 3.20. The van der Waals surface area contributed by atoms with Gasteiger partial charge in [0.25, 0.3) is 0 Å². The smallest absolute Gasteiger partial charge is 0.161 e. The molecule has 0 amide bonds. The molecular weight excluding hydrogens is 328 g/mol. The fraction of sp³-hybridized carbons (Fsp3) is 0.571. The van der Waals surface area contributed by atoms with E-state index in [0.29, 0.717) is 18.6 Å². The molecule has 1 saturated heterocycles. The predicted octanol–water partition coefficient (Wildman–Crippen LogP) is 4.62. The normalized spacial score (nSPS) is 17.8. The summed E-state index contributed by atoms with van der Waals surface area (Å²) < 4.78 is 17.0. The van der Waals surface area contributed by atoms with Crippen molar-refractivity contribution >= 4 is 0 Å².